The SMILES string of the molecule is CN1C2COCC1CC(C(=O)c1ccccn1)C2. The number of nitrogens with zero attached hydrogens (tertiary/aromatic N) is 2. The zero-order chi connectivity index (χ0) is 12.5. The first-order chi connectivity index (χ1) is 8.75. The number of hydrogen-bond acceptors (Lipinski definition) is 4. The van der Waals surface area contributed by atoms with Gasteiger partial charge in [0.25, 0.3) is 0 Å². The molecule has 18 heavy (non-hydrogen) atoms. The van der Waals surface area contributed by atoms with Gasteiger partial charge in [-0.25, -0.2) is 0 Å². The van der Waals surface area contributed by atoms with Gasteiger partial charge >= 0.3 is 0 Å². The van der Waals surface area contributed by atoms with E-state index in [0.29, 0.717) is 17.8 Å². The standard InChI is InChI=1S/C14H18N2O2/c1-16-11-6-10(7-12(16)9-18-8-11)14(17)13-4-2-3-5-15-13/h2-5,10-12H,6-9H2,1H3. The number of carbonyl (C=O) groups excluding carboxylic acids is 1. The number of ketones is 1. The fraction of sp³-hybridized carbons (Fsp3) is 0.571. The molecule has 1 aromatic heterocycles. The van der Waals surface area contributed by atoms with E-state index in [4.69, 9.17) is 4.74 Å². The van der Waals surface area contributed by atoms with E-state index in [0.717, 1.165) is 26.1 Å². The molecule has 3 heterocycles. The second-order valence-electron chi connectivity index (χ2n) is 5.26. The molecule has 2 unspecified atom stereocenters. The predicted molar refractivity (Wildman–Crippen MR) is 67.4 cm³/mol. The van der Waals surface area contributed by atoms with E-state index in [1.807, 2.05) is 18.2 Å². The molecule has 3 rings (SSSR count). The maximum absolute atomic E-state index is 12.4. The van der Waals surface area contributed by atoms with Crippen molar-refractivity contribution < 1.29 is 9.53 Å². The summed E-state index contributed by atoms with van der Waals surface area (Å²) in [7, 11) is 2.14. The van der Waals surface area contributed by atoms with Crippen molar-refractivity contribution in [1.29, 1.82) is 0 Å². The Morgan fingerprint density at radius 1 is 1.33 bits per heavy atom. The fourth-order valence-corrected chi connectivity index (χ4v) is 3.03. The van der Waals surface area contributed by atoms with Gasteiger partial charge in [0.1, 0.15) is 5.69 Å². The largest absolute Gasteiger partial charge is 0.378 e. The van der Waals surface area contributed by atoms with Crippen LogP contribution in [-0.2, 0) is 4.74 Å². The molecular weight excluding hydrogens is 228 g/mol. The average molecular weight is 246 g/mol. The van der Waals surface area contributed by atoms with Gasteiger partial charge < -0.3 is 4.74 Å². The summed E-state index contributed by atoms with van der Waals surface area (Å²) in [5, 5.41) is 0. The quantitative estimate of drug-likeness (QED) is 0.739. The minimum absolute atomic E-state index is 0.106. The van der Waals surface area contributed by atoms with Gasteiger partial charge in [0.2, 0.25) is 0 Å². The van der Waals surface area contributed by atoms with Crippen LogP contribution in [0.25, 0.3) is 0 Å². The van der Waals surface area contributed by atoms with Crippen LogP contribution in [0.1, 0.15) is 23.3 Å². The first-order valence-electron chi connectivity index (χ1n) is 6.50. The van der Waals surface area contributed by atoms with Crippen molar-refractivity contribution in [3.8, 4) is 0 Å². The lowest BCUT2D eigenvalue weighted by atomic mass is 9.82. The minimum atomic E-state index is 0.106. The van der Waals surface area contributed by atoms with Crippen molar-refractivity contribution in [1.82, 2.24) is 9.88 Å². The van der Waals surface area contributed by atoms with E-state index in [9.17, 15) is 4.79 Å². The highest BCUT2D eigenvalue weighted by atomic mass is 16.5. The predicted octanol–water partition coefficient (Wildman–Crippen LogP) is 1.37. The Bertz CT molecular complexity index is 421. The Kier molecular flexibility index (Phi) is 3.14. The molecule has 0 aliphatic carbocycles. The van der Waals surface area contributed by atoms with Crippen molar-refractivity contribution in [2.45, 2.75) is 24.9 Å². The molecule has 2 atom stereocenters. The Hall–Kier alpha value is -1.26. The second kappa shape index (κ2) is 4.78. The van der Waals surface area contributed by atoms with Crippen molar-refractivity contribution in [3.63, 3.8) is 0 Å². The van der Waals surface area contributed by atoms with Crippen LogP contribution >= 0.6 is 0 Å². The van der Waals surface area contributed by atoms with Gasteiger partial charge in [-0.2, -0.15) is 0 Å². The van der Waals surface area contributed by atoms with Crippen LogP contribution in [0.5, 0.6) is 0 Å². The minimum Gasteiger partial charge on any atom is -0.378 e. The van der Waals surface area contributed by atoms with Gasteiger partial charge in [0, 0.05) is 24.2 Å². The molecule has 4 heteroatoms. The number of piperidine rings is 1. The number of pyridine rings is 1. The Labute approximate surface area is 107 Å². The van der Waals surface area contributed by atoms with E-state index < -0.39 is 0 Å². The molecule has 0 N–H and O–H groups in total. The summed E-state index contributed by atoms with van der Waals surface area (Å²) in [6.45, 7) is 1.50. The third-order valence-corrected chi connectivity index (χ3v) is 4.17. The summed E-state index contributed by atoms with van der Waals surface area (Å²) in [5.74, 6) is 0.301. The molecule has 0 radical (unpaired) electrons. The summed E-state index contributed by atoms with van der Waals surface area (Å²) in [5.41, 5.74) is 0.603. The maximum atomic E-state index is 12.4. The molecule has 0 aromatic carbocycles. The maximum Gasteiger partial charge on any atom is 0.184 e. The van der Waals surface area contributed by atoms with Crippen LogP contribution < -0.4 is 0 Å². The van der Waals surface area contributed by atoms with Gasteiger partial charge in [-0.1, -0.05) is 6.07 Å². The first-order valence-corrected chi connectivity index (χ1v) is 6.50. The number of fused-ring (bicyclic) bond motifs is 2. The number of morpholine rings is 1. The van der Waals surface area contributed by atoms with Crippen LogP contribution in [0.15, 0.2) is 24.4 Å². The van der Waals surface area contributed by atoms with Gasteiger partial charge in [0.05, 0.1) is 13.2 Å². The molecule has 4 nitrogen and oxygen atoms in total. The van der Waals surface area contributed by atoms with Crippen molar-refractivity contribution in [2.24, 2.45) is 5.92 Å². The van der Waals surface area contributed by atoms with Gasteiger partial charge in [-0.15, -0.1) is 0 Å². The molecule has 1 aromatic rings. The van der Waals surface area contributed by atoms with Crippen LogP contribution in [-0.4, -0.2) is 48.0 Å². The summed E-state index contributed by atoms with van der Waals surface area (Å²) in [6.07, 6.45) is 3.47. The summed E-state index contributed by atoms with van der Waals surface area (Å²) >= 11 is 0. The number of Topliss-reactive ketones (excluding diaryl/α,β-unsaturated/α-hetero) is 1. The lowest BCUT2D eigenvalue weighted by molar-refractivity contribution is -0.0703. The Balaban J connectivity index is 1.76. The van der Waals surface area contributed by atoms with Crippen molar-refractivity contribution in [3.05, 3.63) is 30.1 Å². The molecule has 0 saturated carbocycles. The third kappa shape index (κ3) is 2.06. The van der Waals surface area contributed by atoms with E-state index in [2.05, 4.69) is 16.9 Å². The topological polar surface area (TPSA) is 42.4 Å². The van der Waals surface area contributed by atoms with Crippen LogP contribution in [0.4, 0.5) is 0 Å². The average Bonchev–Trinajstić information content (AvgIpc) is 2.38. The molecule has 0 spiro atoms. The highest BCUT2D eigenvalue weighted by molar-refractivity contribution is 5.96. The second-order valence-corrected chi connectivity index (χ2v) is 5.26. The van der Waals surface area contributed by atoms with Gasteiger partial charge in [0.15, 0.2) is 5.78 Å². The lowest BCUT2D eigenvalue weighted by Crippen LogP contribution is -2.55. The number of aromatic nitrogens is 1. The smallest absolute Gasteiger partial charge is 0.184 e. The van der Waals surface area contributed by atoms with E-state index >= 15 is 0 Å². The molecular formula is C14H18N2O2. The molecule has 2 saturated heterocycles. The zero-order valence-corrected chi connectivity index (χ0v) is 10.6. The monoisotopic (exact) mass is 246 g/mol. The number of hydrogen-bond donors (Lipinski definition) is 0. The summed E-state index contributed by atoms with van der Waals surface area (Å²) in [4.78, 5) is 19.0. The molecule has 2 bridgehead atoms. The van der Waals surface area contributed by atoms with Crippen molar-refractivity contribution >= 4 is 5.78 Å². The van der Waals surface area contributed by atoms with Gasteiger partial charge in [-0.05, 0) is 32.0 Å². The highest BCUT2D eigenvalue weighted by Gasteiger charge is 2.39. The highest BCUT2D eigenvalue weighted by Crippen LogP contribution is 2.31. The Morgan fingerprint density at radius 3 is 2.67 bits per heavy atom. The van der Waals surface area contributed by atoms with E-state index in [-0.39, 0.29) is 11.7 Å². The normalized spacial score (nSPS) is 32.2. The number of likely N-dealkylation sites (N-methyl/N-ethyl adjacent to an activating group) is 1. The molecule has 2 fully saturated rings. The number of ether oxygens (including phenoxy) is 1. The third-order valence-electron chi connectivity index (χ3n) is 4.17. The van der Waals surface area contributed by atoms with E-state index in [1.54, 1.807) is 6.20 Å². The van der Waals surface area contributed by atoms with Gasteiger partial charge in [-0.3, -0.25) is 14.7 Å². The zero-order valence-electron chi connectivity index (χ0n) is 10.6. The Morgan fingerprint density at radius 2 is 2.06 bits per heavy atom. The van der Waals surface area contributed by atoms with Crippen LogP contribution in [0.2, 0.25) is 0 Å². The van der Waals surface area contributed by atoms with E-state index in [1.165, 1.54) is 0 Å². The summed E-state index contributed by atoms with van der Waals surface area (Å²) < 4.78 is 5.57. The fourth-order valence-electron chi connectivity index (χ4n) is 3.03. The number of carbonyl (C=O) groups is 1. The van der Waals surface area contributed by atoms with Crippen molar-refractivity contribution in [2.75, 3.05) is 20.3 Å². The number of rotatable bonds is 2. The lowest BCUT2D eigenvalue weighted by Gasteiger charge is -2.46. The molecule has 2 aliphatic rings. The molecule has 96 valence electrons. The van der Waals surface area contributed by atoms with Crippen LogP contribution in [0, 0.1) is 5.92 Å². The molecule has 0 amide bonds. The summed E-state index contributed by atoms with van der Waals surface area (Å²) in [6, 6.07) is 6.30. The van der Waals surface area contributed by atoms with Crippen LogP contribution in [0.3, 0.4) is 0 Å². The molecule has 2 aliphatic heterocycles. The first kappa shape index (κ1) is 11.8.